The third kappa shape index (κ3) is 2.08. The molecule has 0 aliphatic carbocycles. The molecule has 2 heterocycles. The second kappa shape index (κ2) is 4.20. The summed E-state index contributed by atoms with van der Waals surface area (Å²) < 4.78 is 5.40. The van der Waals surface area contributed by atoms with Crippen LogP contribution in [0.5, 0.6) is 0 Å². The summed E-state index contributed by atoms with van der Waals surface area (Å²) in [5.41, 5.74) is 4.11. The molecule has 1 aromatic carbocycles. The molecular formula is C16H19NO2. The molecule has 3 heteroatoms. The van der Waals surface area contributed by atoms with Crippen molar-refractivity contribution in [3.8, 4) is 0 Å². The number of benzene rings is 1. The minimum atomic E-state index is 0.0486. The van der Waals surface area contributed by atoms with Gasteiger partial charge in [-0.05, 0) is 23.1 Å². The zero-order valence-electron chi connectivity index (χ0n) is 11.7. The number of nitrogens with one attached hydrogen (secondary N) is 1. The lowest BCUT2D eigenvalue weighted by molar-refractivity contribution is 0.109. The van der Waals surface area contributed by atoms with E-state index >= 15 is 0 Å². The van der Waals surface area contributed by atoms with Crippen LogP contribution in [0.3, 0.4) is 0 Å². The molecule has 1 aliphatic heterocycles. The Morgan fingerprint density at radius 3 is 2.79 bits per heavy atom. The SMILES string of the molecule is CC(C)(C)c1ccc2[nH]c3c(c(=O)c2c1)COCC3. The van der Waals surface area contributed by atoms with E-state index in [1.165, 1.54) is 5.56 Å². The molecule has 1 aromatic heterocycles. The molecule has 0 amide bonds. The van der Waals surface area contributed by atoms with E-state index in [2.05, 4.69) is 31.8 Å². The van der Waals surface area contributed by atoms with Gasteiger partial charge in [0.05, 0.1) is 13.2 Å². The number of rotatable bonds is 0. The Bertz CT molecular complexity index is 692. The van der Waals surface area contributed by atoms with Crippen LogP contribution in [0.2, 0.25) is 0 Å². The number of hydrogen-bond acceptors (Lipinski definition) is 2. The van der Waals surface area contributed by atoms with Gasteiger partial charge in [0.1, 0.15) is 0 Å². The molecule has 0 spiro atoms. The average Bonchev–Trinajstić information content (AvgIpc) is 2.37. The number of aromatic nitrogens is 1. The maximum Gasteiger partial charge on any atom is 0.195 e. The number of H-pyrrole nitrogens is 1. The fourth-order valence-corrected chi connectivity index (χ4v) is 2.56. The van der Waals surface area contributed by atoms with Gasteiger partial charge in [-0.3, -0.25) is 4.79 Å². The van der Waals surface area contributed by atoms with Gasteiger partial charge in [0.25, 0.3) is 0 Å². The van der Waals surface area contributed by atoms with E-state index in [0.29, 0.717) is 13.2 Å². The summed E-state index contributed by atoms with van der Waals surface area (Å²) in [5, 5.41) is 0.775. The Labute approximate surface area is 112 Å². The van der Waals surface area contributed by atoms with Crippen molar-refractivity contribution in [1.29, 1.82) is 0 Å². The molecule has 0 atom stereocenters. The van der Waals surface area contributed by atoms with Gasteiger partial charge < -0.3 is 9.72 Å². The minimum Gasteiger partial charge on any atom is -0.376 e. The smallest absolute Gasteiger partial charge is 0.195 e. The Morgan fingerprint density at radius 1 is 1.26 bits per heavy atom. The monoisotopic (exact) mass is 257 g/mol. The van der Waals surface area contributed by atoms with Crippen molar-refractivity contribution in [2.75, 3.05) is 6.61 Å². The van der Waals surface area contributed by atoms with Crippen LogP contribution in [-0.4, -0.2) is 11.6 Å². The highest BCUT2D eigenvalue weighted by Crippen LogP contribution is 2.25. The largest absolute Gasteiger partial charge is 0.376 e. The number of hydrogen-bond donors (Lipinski definition) is 1. The molecule has 0 saturated heterocycles. The van der Waals surface area contributed by atoms with Gasteiger partial charge in [-0.2, -0.15) is 0 Å². The first-order valence-electron chi connectivity index (χ1n) is 6.73. The van der Waals surface area contributed by atoms with Crippen LogP contribution in [0.15, 0.2) is 23.0 Å². The third-order valence-electron chi connectivity index (χ3n) is 3.80. The second-order valence-corrected chi connectivity index (χ2v) is 6.22. The highest BCUT2D eigenvalue weighted by molar-refractivity contribution is 5.80. The summed E-state index contributed by atoms with van der Waals surface area (Å²) in [4.78, 5) is 15.9. The lowest BCUT2D eigenvalue weighted by Crippen LogP contribution is -2.22. The molecule has 0 radical (unpaired) electrons. The second-order valence-electron chi connectivity index (χ2n) is 6.22. The molecule has 3 nitrogen and oxygen atoms in total. The first-order chi connectivity index (χ1) is 8.97. The summed E-state index contributed by atoms with van der Waals surface area (Å²) in [7, 11) is 0. The zero-order chi connectivity index (χ0) is 13.6. The van der Waals surface area contributed by atoms with E-state index in [4.69, 9.17) is 4.74 Å². The summed E-state index contributed by atoms with van der Waals surface area (Å²) in [6.07, 6.45) is 0.793. The zero-order valence-corrected chi connectivity index (χ0v) is 11.7. The summed E-state index contributed by atoms with van der Waals surface area (Å²) >= 11 is 0. The van der Waals surface area contributed by atoms with Crippen LogP contribution in [-0.2, 0) is 23.2 Å². The number of ether oxygens (including phenoxy) is 1. The molecule has 1 N–H and O–H groups in total. The molecule has 0 unspecified atom stereocenters. The van der Waals surface area contributed by atoms with Crippen LogP contribution in [0.25, 0.3) is 10.9 Å². The van der Waals surface area contributed by atoms with Gasteiger partial charge in [-0.15, -0.1) is 0 Å². The van der Waals surface area contributed by atoms with Gasteiger partial charge in [0.2, 0.25) is 0 Å². The van der Waals surface area contributed by atoms with E-state index in [1.54, 1.807) is 0 Å². The fourth-order valence-electron chi connectivity index (χ4n) is 2.56. The van der Waals surface area contributed by atoms with Gasteiger partial charge in [-0.25, -0.2) is 0 Å². The number of pyridine rings is 1. The highest BCUT2D eigenvalue weighted by atomic mass is 16.5. The Kier molecular flexibility index (Phi) is 2.75. The fraction of sp³-hybridized carbons (Fsp3) is 0.438. The summed E-state index contributed by atoms with van der Waals surface area (Å²) in [5.74, 6) is 0. The van der Waals surface area contributed by atoms with Crippen molar-refractivity contribution < 1.29 is 4.74 Å². The van der Waals surface area contributed by atoms with Crippen LogP contribution < -0.4 is 5.43 Å². The number of fused-ring (bicyclic) bond motifs is 2. The Hall–Kier alpha value is -1.61. The molecule has 0 bridgehead atoms. The Balaban J connectivity index is 2.29. The molecule has 100 valence electrons. The van der Waals surface area contributed by atoms with Crippen LogP contribution in [0.4, 0.5) is 0 Å². The van der Waals surface area contributed by atoms with Gasteiger partial charge in [0, 0.05) is 28.6 Å². The quantitative estimate of drug-likeness (QED) is 0.788. The normalized spacial score (nSPS) is 15.5. The lowest BCUT2D eigenvalue weighted by atomic mass is 9.86. The predicted octanol–water partition coefficient (Wildman–Crippen LogP) is 2.90. The van der Waals surface area contributed by atoms with Crippen LogP contribution in [0.1, 0.15) is 37.6 Å². The van der Waals surface area contributed by atoms with Crippen LogP contribution >= 0.6 is 0 Å². The molecule has 19 heavy (non-hydrogen) atoms. The molecule has 0 saturated carbocycles. The summed E-state index contributed by atoms with van der Waals surface area (Å²) in [6.45, 7) is 7.59. The van der Waals surface area contributed by atoms with Crippen molar-refractivity contribution in [2.45, 2.75) is 39.2 Å². The van der Waals surface area contributed by atoms with Gasteiger partial charge in [-0.1, -0.05) is 26.8 Å². The van der Waals surface area contributed by atoms with E-state index in [9.17, 15) is 4.79 Å². The van der Waals surface area contributed by atoms with Crippen molar-refractivity contribution >= 4 is 10.9 Å². The van der Waals surface area contributed by atoms with Gasteiger partial charge >= 0.3 is 0 Å². The van der Waals surface area contributed by atoms with Crippen molar-refractivity contribution in [1.82, 2.24) is 4.98 Å². The first kappa shape index (κ1) is 12.4. The summed E-state index contributed by atoms with van der Waals surface area (Å²) in [6, 6.07) is 6.14. The average molecular weight is 257 g/mol. The molecular weight excluding hydrogens is 238 g/mol. The molecule has 1 aliphatic rings. The molecule has 0 fully saturated rings. The van der Waals surface area contributed by atoms with E-state index in [0.717, 1.165) is 28.6 Å². The van der Waals surface area contributed by atoms with Crippen molar-refractivity contribution in [2.24, 2.45) is 0 Å². The first-order valence-corrected chi connectivity index (χ1v) is 6.73. The van der Waals surface area contributed by atoms with E-state index in [1.807, 2.05) is 12.1 Å². The topological polar surface area (TPSA) is 42.1 Å². The lowest BCUT2D eigenvalue weighted by Gasteiger charge is -2.21. The molecule has 2 aromatic rings. The maximum absolute atomic E-state index is 12.6. The highest BCUT2D eigenvalue weighted by Gasteiger charge is 2.18. The standard InChI is InChI=1S/C16H19NO2/c1-16(2,3)10-4-5-13-11(8-10)15(18)12-9-19-7-6-14(12)17-13/h4-5,8H,6-7,9H2,1-3H3,(H,17,18). The van der Waals surface area contributed by atoms with Gasteiger partial charge in [0.15, 0.2) is 5.43 Å². The van der Waals surface area contributed by atoms with E-state index in [-0.39, 0.29) is 10.8 Å². The maximum atomic E-state index is 12.6. The van der Waals surface area contributed by atoms with Crippen molar-refractivity contribution in [3.63, 3.8) is 0 Å². The van der Waals surface area contributed by atoms with E-state index < -0.39 is 0 Å². The Morgan fingerprint density at radius 2 is 2.05 bits per heavy atom. The number of aromatic amines is 1. The third-order valence-corrected chi connectivity index (χ3v) is 3.80. The van der Waals surface area contributed by atoms with Crippen LogP contribution in [0, 0.1) is 0 Å². The minimum absolute atomic E-state index is 0.0486. The molecule has 3 rings (SSSR count). The van der Waals surface area contributed by atoms with Crippen molar-refractivity contribution in [3.05, 3.63) is 45.2 Å². The predicted molar refractivity (Wildman–Crippen MR) is 76.6 cm³/mol.